The molecule has 0 spiro atoms. The van der Waals surface area contributed by atoms with E-state index in [1.807, 2.05) is 7.05 Å². The van der Waals surface area contributed by atoms with Crippen LogP contribution in [0.4, 0.5) is 0 Å². The molecule has 2 aliphatic heterocycles. The highest BCUT2D eigenvalue weighted by Crippen LogP contribution is 2.13. The third-order valence-electron chi connectivity index (χ3n) is 2.43. The van der Waals surface area contributed by atoms with E-state index in [0.29, 0.717) is 6.61 Å². The second kappa shape index (κ2) is 2.99. The van der Waals surface area contributed by atoms with Gasteiger partial charge in [-0.05, 0) is 7.05 Å². The van der Waals surface area contributed by atoms with Gasteiger partial charge in [-0.2, -0.15) is 0 Å². The maximum atomic E-state index is 11.4. The van der Waals surface area contributed by atoms with Crippen molar-refractivity contribution in [3.8, 4) is 0 Å². The summed E-state index contributed by atoms with van der Waals surface area (Å²) in [5, 5.41) is 2.65. The zero-order valence-corrected chi connectivity index (χ0v) is 7.45. The van der Waals surface area contributed by atoms with Crippen LogP contribution in [-0.2, 0) is 14.3 Å². The lowest BCUT2D eigenvalue weighted by Crippen LogP contribution is -2.59. The van der Waals surface area contributed by atoms with E-state index in [9.17, 15) is 9.59 Å². The van der Waals surface area contributed by atoms with E-state index in [1.165, 1.54) is 0 Å². The molecule has 2 rings (SSSR count). The molecule has 0 aliphatic carbocycles. The number of hydrogen-bond acceptors (Lipinski definition) is 4. The van der Waals surface area contributed by atoms with Crippen molar-refractivity contribution in [3.05, 3.63) is 0 Å². The lowest BCUT2D eigenvalue weighted by molar-refractivity contribution is -0.165. The highest BCUT2D eigenvalue weighted by molar-refractivity contribution is 5.88. The van der Waals surface area contributed by atoms with E-state index < -0.39 is 6.04 Å². The van der Waals surface area contributed by atoms with Gasteiger partial charge in [-0.3, -0.25) is 4.79 Å². The molecule has 5 heteroatoms. The van der Waals surface area contributed by atoms with Crippen molar-refractivity contribution in [2.75, 3.05) is 26.7 Å². The molecule has 5 nitrogen and oxygen atoms in total. The zero-order valence-electron chi connectivity index (χ0n) is 7.45. The highest BCUT2D eigenvalue weighted by atomic mass is 16.6. The van der Waals surface area contributed by atoms with Crippen LogP contribution in [0.5, 0.6) is 0 Å². The predicted octanol–water partition coefficient (Wildman–Crippen LogP) is -1.41. The second-order valence-corrected chi connectivity index (χ2v) is 3.61. The van der Waals surface area contributed by atoms with Gasteiger partial charge in [0.25, 0.3) is 0 Å². The molecule has 0 aromatic carbocycles. The van der Waals surface area contributed by atoms with Crippen molar-refractivity contribution in [1.82, 2.24) is 10.2 Å². The normalized spacial score (nSPS) is 28.7. The van der Waals surface area contributed by atoms with Gasteiger partial charge in [0.05, 0.1) is 5.92 Å². The van der Waals surface area contributed by atoms with E-state index in [-0.39, 0.29) is 17.8 Å². The average molecular weight is 184 g/mol. The van der Waals surface area contributed by atoms with Crippen molar-refractivity contribution in [1.29, 1.82) is 0 Å². The third kappa shape index (κ3) is 1.51. The maximum Gasteiger partial charge on any atom is 0.332 e. The number of nitrogens with zero attached hydrogens (tertiary/aromatic N) is 1. The van der Waals surface area contributed by atoms with Gasteiger partial charge < -0.3 is 15.0 Å². The number of cyclic esters (lactones) is 1. The van der Waals surface area contributed by atoms with E-state index in [2.05, 4.69) is 15.0 Å². The molecular weight excluding hydrogens is 172 g/mol. The molecule has 2 saturated heterocycles. The number of carbonyl (C=O) groups is 2. The number of ether oxygens (including phenoxy) is 1. The Morgan fingerprint density at radius 3 is 2.69 bits per heavy atom. The molecule has 1 atom stereocenters. The minimum atomic E-state index is -0.390. The Balaban J connectivity index is 1.75. The van der Waals surface area contributed by atoms with Crippen LogP contribution in [-0.4, -0.2) is 49.6 Å². The van der Waals surface area contributed by atoms with Gasteiger partial charge in [-0.1, -0.05) is 0 Å². The minimum absolute atomic E-state index is 0.0280. The quantitative estimate of drug-likeness (QED) is 0.536. The summed E-state index contributed by atoms with van der Waals surface area (Å²) < 4.78 is 4.53. The molecule has 2 heterocycles. The number of esters is 1. The zero-order chi connectivity index (χ0) is 9.42. The highest BCUT2D eigenvalue weighted by Gasteiger charge is 2.36. The van der Waals surface area contributed by atoms with Gasteiger partial charge in [0.2, 0.25) is 5.91 Å². The van der Waals surface area contributed by atoms with Crippen LogP contribution in [0.3, 0.4) is 0 Å². The molecule has 2 fully saturated rings. The first-order chi connectivity index (χ1) is 6.16. The molecule has 1 amide bonds. The maximum absolute atomic E-state index is 11.4. The van der Waals surface area contributed by atoms with Crippen molar-refractivity contribution >= 4 is 11.9 Å². The van der Waals surface area contributed by atoms with Gasteiger partial charge >= 0.3 is 5.97 Å². The predicted molar refractivity (Wildman–Crippen MR) is 43.9 cm³/mol. The molecule has 0 saturated carbocycles. The monoisotopic (exact) mass is 184 g/mol. The molecule has 1 N–H and O–H groups in total. The molecule has 0 aromatic rings. The number of amides is 1. The fraction of sp³-hybridized carbons (Fsp3) is 0.750. The van der Waals surface area contributed by atoms with Crippen LogP contribution in [0.1, 0.15) is 0 Å². The summed E-state index contributed by atoms with van der Waals surface area (Å²) in [7, 11) is 1.96. The Morgan fingerprint density at radius 1 is 1.62 bits per heavy atom. The van der Waals surface area contributed by atoms with Gasteiger partial charge in [0.1, 0.15) is 6.61 Å². The first kappa shape index (κ1) is 8.50. The van der Waals surface area contributed by atoms with Gasteiger partial charge in [-0.15, -0.1) is 0 Å². The summed E-state index contributed by atoms with van der Waals surface area (Å²) in [5.41, 5.74) is 0. The van der Waals surface area contributed by atoms with E-state index in [0.717, 1.165) is 13.1 Å². The first-order valence-electron chi connectivity index (χ1n) is 4.32. The number of carbonyl (C=O) groups excluding carboxylic acids is 2. The molecule has 2 aliphatic rings. The van der Waals surface area contributed by atoms with Gasteiger partial charge in [-0.25, -0.2) is 4.79 Å². The summed E-state index contributed by atoms with van der Waals surface area (Å²) in [6.45, 7) is 1.90. The SMILES string of the molecule is CN1CC(C(=O)NC2COC2=O)C1. The third-order valence-corrected chi connectivity index (χ3v) is 2.43. The summed E-state index contributed by atoms with van der Waals surface area (Å²) >= 11 is 0. The molecule has 1 unspecified atom stereocenters. The fourth-order valence-corrected chi connectivity index (χ4v) is 1.49. The Bertz CT molecular complexity index is 248. The Labute approximate surface area is 76.0 Å². The van der Waals surface area contributed by atoms with Crippen LogP contribution in [0.15, 0.2) is 0 Å². The van der Waals surface area contributed by atoms with Crippen LogP contribution in [0, 0.1) is 5.92 Å². The molecular formula is C8H12N2O3. The summed E-state index contributed by atoms with van der Waals surface area (Å²) in [6, 6.07) is -0.390. The lowest BCUT2D eigenvalue weighted by atomic mass is 10.00. The molecule has 0 aromatic heterocycles. The summed E-state index contributed by atoms with van der Waals surface area (Å²) in [6.07, 6.45) is 0. The van der Waals surface area contributed by atoms with Crippen LogP contribution >= 0.6 is 0 Å². The average Bonchev–Trinajstić information content (AvgIpc) is 2.06. The van der Waals surface area contributed by atoms with Gasteiger partial charge in [0, 0.05) is 13.1 Å². The Hall–Kier alpha value is -1.10. The minimum Gasteiger partial charge on any atom is -0.461 e. The number of rotatable bonds is 2. The molecule has 0 bridgehead atoms. The molecule has 13 heavy (non-hydrogen) atoms. The molecule has 72 valence electrons. The van der Waals surface area contributed by atoms with Crippen LogP contribution in [0.2, 0.25) is 0 Å². The van der Waals surface area contributed by atoms with Crippen molar-refractivity contribution < 1.29 is 14.3 Å². The lowest BCUT2D eigenvalue weighted by Gasteiger charge is -2.36. The summed E-state index contributed by atoms with van der Waals surface area (Å²) in [5.74, 6) is -0.292. The van der Waals surface area contributed by atoms with Crippen molar-refractivity contribution in [3.63, 3.8) is 0 Å². The molecule has 0 radical (unpaired) electrons. The van der Waals surface area contributed by atoms with Crippen LogP contribution in [0.25, 0.3) is 0 Å². The van der Waals surface area contributed by atoms with Crippen molar-refractivity contribution in [2.45, 2.75) is 6.04 Å². The van der Waals surface area contributed by atoms with E-state index >= 15 is 0 Å². The number of hydrogen-bond donors (Lipinski definition) is 1. The smallest absolute Gasteiger partial charge is 0.332 e. The van der Waals surface area contributed by atoms with Crippen LogP contribution < -0.4 is 5.32 Å². The standard InChI is InChI=1S/C8H12N2O3/c1-10-2-5(3-10)7(11)9-6-4-13-8(6)12/h5-6H,2-4H2,1H3,(H,9,11). The number of nitrogens with one attached hydrogen (secondary N) is 1. The fourth-order valence-electron chi connectivity index (χ4n) is 1.49. The Kier molecular flexibility index (Phi) is 1.95. The van der Waals surface area contributed by atoms with Gasteiger partial charge in [0.15, 0.2) is 6.04 Å². The first-order valence-corrected chi connectivity index (χ1v) is 4.32. The van der Waals surface area contributed by atoms with E-state index in [4.69, 9.17) is 0 Å². The topological polar surface area (TPSA) is 58.6 Å². The van der Waals surface area contributed by atoms with Crippen molar-refractivity contribution in [2.24, 2.45) is 5.92 Å². The second-order valence-electron chi connectivity index (χ2n) is 3.61. The largest absolute Gasteiger partial charge is 0.461 e. The summed E-state index contributed by atoms with van der Waals surface area (Å²) in [4.78, 5) is 24.1. The number of likely N-dealkylation sites (tertiary alicyclic amines) is 1. The van der Waals surface area contributed by atoms with E-state index in [1.54, 1.807) is 0 Å². The Morgan fingerprint density at radius 2 is 2.31 bits per heavy atom.